The van der Waals surface area contributed by atoms with Crippen LogP contribution in [0.1, 0.15) is 28.9 Å². The number of hydrogen-bond acceptors (Lipinski definition) is 7. The van der Waals surface area contributed by atoms with E-state index in [9.17, 15) is 18.5 Å². The van der Waals surface area contributed by atoms with E-state index < -0.39 is 23.6 Å². The molecule has 0 bridgehead atoms. The third kappa shape index (κ3) is 3.51. The number of nitrogens with one attached hydrogen (secondary N) is 1. The van der Waals surface area contributed by atoms with Gasteiger partial charge in [0.25, 0.3) is 5.91 Å². The summed E-state index contributed by atoms with van der Waals surface area (Å²) in [7, 11) is 0. The number of anilines is 3. The fourth-order valence-electron chi connectivity index (χ4n) is 3.71. The minimum absolute atomic E-state index is 0.0409. The van der Waals surface area contributed by atoms with Gasteiger partial charge < -0.3 is 21.1 Å². The average Bonchev–Trinajstić information content (AvgIpc) is 3.03. The van der Waals surface area contributed by atoms with Crippen LogP contribution in [-0.4, -0.2) is 50.0 Å². The number of carboxylic acids is 1. The van der Waals surface area contributed by atoms with Crippen LogP contribution in [0.3, 0.4) is 0 Å². The van der Waals surface area contributed by atoms with Gasteiger partial charge in [0.2, 0.25) is 0 Å². The van der Waals surface area contributed by atoms with E-state index in [2.05, 4.69) is 15.4 Å². The molecule has 4 heterocycles. The van der Waals surface area contributed by atoms with Gasteiger partial charge >= 0.3 is 5.97 Å². The van der Waals surface area contributed by atoms with E-state index in [1.807, 2.05) is 0 Å². The molecule has 4 rings (SSSR count). The number of hydrogen-bond donors (Lipinski definition) is 3. The fraction of sp³-hybridized carbons (Fsp3) is 0.333. The van der Waals surface area contributed by atoms with E-state index >= 15 is 0 Å². The van der Waals surface area contributed by atoms with E-state index in [1.165, 1.54) is 17.0 Å². The Morgan fingerprint density at radius 3 is 2.70 bits per heavy atom. The molecule has 12 heteroatoms. The summed E-state index contributed by atoms with van der Waals surface area (Å²) in [5.74, 6) is -2.72. The molecule has 2 aromatic rings. The van der Waals surface area contributed by atoms with Crippen LogP contribution in [0.25, 0.3) is 6.08 Å². The van der Waals surface area contributed by atoms with E-state index in [1.54, 1.807) is 4.90 Å². The number of nitrogens with zero attached hydrogens (tertiary/aromatic N) is 5. The third-order valence-corrected chi connectivity index (χ3v) is 5.19. The number of nitrogen functional groups attached to an aromatic ring is 1. The Hall–Kier alpha value is -3.70. The number of nitrogens with two attached hydrogens (primary N) is 1. The van der Waals surface area contributed by atoms with Crippen molar-refractivity contribution in [2.75, 3.05) is 29.0 Å². The first-order chi connectivity index (χ1) is 14.3. The summed E-state index contributed by atoms with van der Waals surface area (Å²) < 4.78 is 29.2. The highest BCUT2D eigenvalue weighted by molar-refractivity contribution is 6.10. The van der Waals surface area contributed by atoms with E-state index in [0.29, 0.717) is 36.7 Å². The Morgan fingerprint density at radius 1 is 1.27 bits per heavy atom. The molecular weight excluding hydrogens is 400 g/mol. The van der Waals surface area contributed by atoms with Crippen molar-refractivity contribution in [1.82, 2.24) is 19.9 Å². The van der Waals surface area contributed by atoms with Crippen molar-refractivity contribution in [1.29, 1.82) is 0 Å². The van der Waals surface area contributed by atoms with Crippen LogP contribution < -0.4 is 16.0 Å². The lowest BCUT2D eigenvalue weighted by Crippen LogP contribution is -2.37. The number of aromatic nitrogens is 3. The average molecular weight is 419 g/mol. The molecule has 2 aromatic heterocycles. The number of piperidine rings is 1. The molecule has 4 N–H and O–H groups in total. The minimum Gasteiger partial charge on any atom is -0.481 e. The SMILES string of the molecule is Nc1nn2c(c1C(=O)Nc1cncc(F)c1N1CCC(C(=O)O)CC1)C=CN(F)C2. The summed E-state index contributed by atoms with van der Waals surface area (Å²) in [5, 5.41) is 16.1. The molecule has 0 saturated carbocycles. The Labute approximate surface area is 169 Å². The molecule has 0 aliphatic carbocycles. The van der Waals surface area contributed by atoms with Crippen molar-refractivity contribution in [2.45, 2.75) is 19.5 Å². The zero-order valence-corrected chi connectivity index (χ0v) is 15.8. The Bertz CT molecular complexity index is 1030. The van der Waals surface area contributed by atoms with Gasteiger partial charge in [-0.15, -0.1) is 0 Å². The van der Waals surface area contributed by atoms with Gasteiger partial charge in [-0.25, -0.2) is 9.07 Å². The maximum atomic E-state index is 14.6. The Balaban J connectivity index is 1.60. The standard InChI is InChI=1S/C18H19F2N7O3/c19-11-7-22-8-12(15(11)25-4-1-10(2-5-25)18(29)30)23-17(28)14-13-3-6-26(20)9-27(13)24-16(14)21/h3,6-8,10H,1-2,4-5,9H2,(H2,21,24)(H,23,28)(H,29,30). The molecule has 0 unspecified atom stereocenters. The van der Waals surface area contributed by atoms with Gasteiger partial charge in [0, 0.05) is 19.3 Å². The van der Waals surface area contributed by atoms with Crippen LogP contribution in [0.2, 0.25) is 0 Å². The topological polar surface area (TPSA) is 130 Å². The highest BCUT2D eigenvalue weighted by Crippen LogP contribution is 2.33. The summed E-state index contributed by atoms with van der Waals surface area (Å²) in [5.41, 5.74) is 6.48. The molecule has 2 aliphatic rings. The molecule has 30 heavy (non-hydrogen) atoms. The normalized spacial score (nSPS) is 16.5. The van der Waals surface area contributed by atoms with E-state index in [4.69, 9.17) is 10.8 Å². The van der Waals surface area contributed by atoms with Crippen LogP contribution in [0.4, 0.5) is 26.1 Å². The van der Waals surface area contributed by atoms with Gasteiger partial charge in [-0.3, -0.25) is 14.6 Å². The van der Waals surface area contributed by atoms with Gasteiger partial charge in [0.1, 0.15) is 17.9 Å². The summed E-state index contributed by atoms with van der Waals surface area (Å²) >= 11 is 0. The summed E-state index contributed by atoms with van der Waals surface area (Å²) in [6, 6.07) is 0. The molecule has 0 radical (unpaired) electrons. The number of carbonyl (C=O) groups excluding carboxylic acids is 1. The molecular formula is C18H19F2N7O3. The van der Waals surface area contributed by atoms with Gasteiger partial charge in [-0.2, -0.15) is 10.2 Å². The van der Waals surface area contributed by atoms with Crippen molar-refractivity contribution in [3.05, 3.63) is 35.7 Å². The predicted octanol–water partition coefficient (Wildman–Crippen LogP) is 1.68. The van der Waals surface area contributed by atoms with Gasteiger partial charge in [-0.05, 0) is 18.9 Å². The molecule has 2 aliphatic heterocycles. The Kier molecular flexibility index (Phi) is 4.98. The summed E-state index contributed by atoms with van der Waals surface area (Å²) in [4.78, 5) is 29.6. The first-order valence-electron chi connectivity index (χ1n) is 9.24. The second kappa shape index (κ2) is 7.61. The highest BCUT2D eigenvalue weighted by Gasteiger charge is 2.29. The van der Waals surface area contributed by atoms with E-state index in [0.717, 1.165) is 12.4 Å². The molecule has 1 fully saturated rings. The summed E-state index contributed by atoms with van der Waals surface area (Å²) in [6.07, 6.45) is 5.57. The molecule has 158 valence electrons. The molecule has 0 aromatic carbocycles. The number of amides is 1. The maximum Gasteiger partial charge on any atom is 0.306 e. The second-order valence-corrected chi connectivity index (χ2v) is 7.07. The largest absolute Gasteiger partial charge is 0.481 e. The molecule has 1 amide bonds. The number of carboxylic acid groups (broad SMARTS) is 1. The van der Waals surface area contributed by atoms with Crippen molar-refractivity contribution in [2.24, 2.45) is 5.92 Å². The van der Waals surface area contributed by atoms with Crippen LogP contribution >= 0.6 is 0 Å². The van der Waals surface area contributed by atoms with Crippen LogP contribution in [0.5, 0.6) is 0 Å². The molecule has 0 spiro atoms. The van der Waals surface area contributed by atoms with Crippen LogP contribution in [0.15, 0.2) is 18.6 Å². The highest BCUT2D eigenvalue weighted by atomic mass is 19.2. The lowest BCUT2D eigenvalue weighted by Gasteiger charge is -2.33. The van der Waals surface area contributed by atoms with Gasteiger partial charge in [0.05, 0.1) is 29.7 Å². The molecule has 10 nitrogen and oxygen atoms in total. The fourth-order valence-corrected chi connectivity index (χ4v) is 3.71. The zero-order chi connectivity index (χ0) is 21.4. The van der Waals surface area contributed by atoms with Gasteiger partial charge in [0.15, 0.2) is 11.6 Å². The first-order valence-corrected chi connectivity index (χ1v) is 9.24. The molecule has 0 atom stereocenters. The molecule has 1 saturated heterocycles. The van der Waals surface area contributed by atoms with Crippen molar-refractivity contribution >= 4 is 35.1 Å². The number of halogens is 2. The summed E-state index contributed by atoms with van der Waals surface area (Å²) in [6.45, 7) is 0.428. The van der Waals surface area contributed by atoms with Crippen LogP contribution in [-0.2, 0) is 11.5 Å². The van der Waals surface area contributed by atoms with Gasteiger partial charge in [-0.1, -0.05) is 4.48 Å². The first kappa shape index (κ1) is 19.6. The third-order valence-electron chi connectivity index (χ3n) is 5.19. The van der Waals surface area contributed by atoms with E-state index in [-0.39, 0.29) is 29.4 Å². The van der Waals surface area contributed by atoms with Crippen molar-refractivity contribution in [3.63, 3.8) is 0 Å². The quantitative estimate of drug-likeness (QED) is 0.639. The number of rotatable bonds is 4. The number of pyridine rings is 1. The Morgan fingerprint density at radius 2 is 2.00 bits per heavy atom. The number of aliphatic carboxylic acids is 1. The second-order valence-electron chi connectivity index (χ2n) is 7.07. The smallest absolute Gasteiger partial charge is 0.306 e. The lowest BCUT2D eigenvalue weighted by atomic mass is 9.96. The maximum absolute atomic E-state index is 14.6. The number of carbonyl (C=O) groups is 2. The zero-order valence-electron chi connectivity index (χ0n) is 15.8. The minimum atomic E-state index is -0.875. The lowest BCUT2D eigenvalue weighted by molar-refractivity contribution is -0.142. The number of fused-ring (bicyclic) bond motifs is 1. The van der Waals surface area contributed by atoms with Crippen molar-refractivity contribution < 1.29 is 23.6 Å². The van der Waals surface area contributed by atoms with Crippen molar-refractivity contribution in [3.8, 4) is 0 Å². The van der Waals surface area contributed by atoms with Crippen LogP contribution in [0, 0.1) is 11.7 Å². The predicted molar refractivity (Wildman–Crippen MR) is 103 cm³/mol. The monoisotopic (exact) mass is 419 g/mol.